The number of carbonyl (C=O) groups is 1. The van der Waals surface area contributed by atoms with Crippen molar-refractivity contribution in [1.82, 2.24) is 4.90 Å². The maximum Gasteiger partial charge on any atom is 0.257 e. The van der Waals surface area contributed by atoms with Crippen LogP contribution in [0.3, 0.4) is 0 Å². The number of rotatable bonds is 3. The molecule has 1 atom stereocenters. The van der Waals surface area contributed by atoms with E-state index in [-0.39, 0.29) is 12.0 Å². The highest BCUT2D eigenvalue weighted by atomic mass is 16.5. The highest BCUT2D eigenvalue weighted by Crippen LogP contribution is 2.22. The normalized spacial score (nSPS) is 17.1. The van der Waals surface area contributed by atoms with Crippen LogP contribution in [-0.2, 0) is 0 Å². The van der Waals surface area contributed by atoms with E-state index in [1.807, 2.05) is 18.2 Å². The lowest BCUT2D eigenvalue weighted by atomic mass is 10.1. The second kappa shape index (κ2) is 5.19. The molecule has 1 unspecified atom stereocenters. The van der Waals surface area contributed by atoms with E-state index >= 15 is 0 Å². The molecule has 0 aliphatic carbocycles. The average molecular weight is 235 g/mol. The van der Waals surface area contributed by atoms with Crippen LogP contribution in [0.5, 0.6) is 5.75 Å². The molecule has 0 bridgehead atoms. The minimum atomic E-state index is -0.387. The molecule has 0 fully saturated rings. The molecule has 0 aromatic heterocycles. The maximum absolute atomic E-state index is 12.2. The quantitative estimate of drug-likeness (QED) is 0.859. The molecule has 0 saturated heterocycles. The van der Waals surface area contributed by atoms with Crippen molar-refractivity contribution in [3.8, 4) is 5.75 Å². The van der Waals surface area contributed by atoms with Gasteiger partial charge in [0.15, 0.2) is 0 Å². The maximum atomic E-state index is 12.2. The van der Waals surface area contributed by atoms with Crippen LogP contribution in [0.2, 0.25) is 0 Å². The molecule has 1 amide bonds. The molecule has 4 heteroatoms. The Hall–Kier alpha value is -1.55. The lowest BCUT2D eigenvalue weighted by Gasteiger charge is -2.20. The van der Waals surface area contributed by atoms with Gasteiger partial charge in [0.05, 0.1) is 18.2 Å². The number of para-hydroxylation sites is 1. The fraction of sp³-hybridized carbons (Fsp3) is 0.462. The fourth-order valence-electron chi connectivity index (χ4n) is 1.86. The van der Waals surface area contributed by atoms with E-state index in [2.05, 4.69) is 0 Å². The predicted molar refractivity (Wildman–Crippen MR) is 64.1 cm³/mol. The van der Waals surface area contributed by atoms with Crippen LogP contribution in [0.1, 0.15) is 23.7 Å². The van der Waals surface area contributed by atoms with Crippen molar-refractivity contribution < 1.29 is 14.6 Å². The summed E-state index contributed by atoms with van der Waals surface area (Å²) < 4.78 is 5.53. The van der Waals surface area contributed by atoms with Crippen molar-refractivity contribution in [2.75, 3.05) is 19.7 Å². The third-order valence-corrected chi connectivity index (χ3v) is 2.84. The number of amides is 1. The number of ether oxygens (including phenoxy) is 1. The first kappa shape index (κ1) is 11.9. The van der Waals surface area contributed by atoms with Gasteiger partial charge in [-0.1, -0.05) is 12.1 Å². The van der Waals surface area contributed by atoms with Crippen LogP contribution in [0, 0.1) is 0 Å². The largest absolute Gasteiger partial charge is 0.491 e. The number of aliphatic hydroxyl groups excluding tert-OH is 1. The van der Waals surface area contributed by atoms with Crippen molar-refractivity contribution in [2.24, 2.45) is 0 Å². The molecule has 17 heavy (non-hydrogen) atoms. The second-order valence-corrected chi connectivity index (χ2v) is 4.27. The van der Waals surface area contributed by atoms with Gasteiger partial charge in [-0.2, -0.15) is 0 Å². The average Bonchev–Trinajstić information content (AvgIpc) is 2.47. The number of hydrogen-bond acceptors (Lipinski definition) is 3. The van der Waals surface area contributed by atoms with Crippen LogP contribution in [0.15, 0.2) is 24.3 Å². The van der Waals surface area contributed by atoms with Crippen LogP contribution in [0.4, 0.5) is 0 Å². The molecule has 92 valence electrons. The molecule has 0 radical (unpaired) electrons. The number of aliphatic hydroxyl groups is 1. The van der Waals surface area contributed by atoms with Crippen molar-refractivity contribution in [1.29, 1.82) is 0 Å². The molecule has 1 N–H and O–H groups in total. The third-order valence-electron chi connectivity index (χ3n) is 2.84. The van der Waals surface area contributed by atoms with Crippen molar-refractivity contribution in [3.05, 3.63) is 29.8 Å². The van der Waals surface area contributed by atoms with E-state index in [1.165, 1.54) is 0 Å². The highest BCUT2D eigenvalue weighted by molar-refractivity contribution is 5.97. The number of benzene rings is 1. The topological polar surface area (TPSA) is 49.8 Å². The summed E-state index contributed by atoms with van der Waals surface area (Å²) in [4.78, 5) is 13.9. The molecule has 0 spiro atoms. The molecule has 1 aliphatic heterocycles. The van der Waals surface area contributed by atoms with Crippen LogP contribution >= 0.6 is 0 Å². The van der Waals surface area contributed by atoms with Crippen LogP contribution in [0.25, 0.3) is 0 Å². The molecule has 1 aromatic rings. The van der Waals surface area contributed by atoms with Gasteiger partial charge in [0.2, 0.25) is 0 Å². The molecule has 0 saturated carbocycles. The number of carbonyl (C=O) groups excluding carboxylic acids is 1. The summed E-state index contributed by atoms with van der Waals surface area (Å²) in [5, 5.41) is 9.27. The Morgan fingerprint density at radius 3 is 3.00 bits per heavy atom. The van der Waals surface area contributed by atoms with Crippen LogP contribution < -0.4 is 4.74 Å². The van der Waals surface area contributed by atoms with E-state index in [0.717, 1.165) is 0 Å². The SMILES string of the molecule is CC(O)CCN1CCOc2ccccc2C1=O. The van der Waals surface area contributed by atoms with Gasteiger partial charge in [0.25, 0.3) is 5.91 Å². The van der Waals surface area contributed by atoms with Crippen molar-refractivity contribution in [2.45, 2.75) is 19.4 Å². The number of nitrogens with zero attached hydrogens (tertiary/aromatic N) is 1. The van der Waals surface area contributed by atoms with Crippen molar-refractivity contribution in [3.63, 3.8) is 0 Å². The molecule has 4 nitrogen and oxygen atoms in total. The Morgan fingerprint density at radius 1 is 1.47 bits per heavy atom. The van der Waals surface area contributed by atoms with E-state index in [9.17, 15) is 9.90 Å². The summed E-state index contributed by atoms with van der Waals surface area (Å²) >= 11 is 0. The zero-order valence-electron chi connectivity index (χ0n) is 9.93. The summed E-state index contributed by atoms with van der Waals surface area (Å²) in [6.07, 6.45) is 0.204. The van der Waals surface area contributed by atoms with Gasteiger partial charge >= 0.3 is 0 Å². The lowest BCUT2D eigenvalue weighted by molar-refractivity contribution is 0.0723. The van der Waals surface area contributed by atoms with Gasteiger partial charge in [-0.05, 0) is 25.5 Å². The summed E-state index contributed by atoms with van der Waals surface area (Å²) in [5.74, 6) is 0.635. The van der Waals surface area contributed by atoms with E-state index in [4.69, 9.17) is 4.74 Å². The summed E-state index contributed by atoms with van der Waals surface area (Å²) in [7, 11) is 0. The zero-order valence-corrected chi connectivity index (χ0v) is 9.93. The minimum Gasteiger partial charge on any atom is -0.491 e. The third kappa shape index (κ3) is 2.77. The number of hydrogen-bond donors (Lipinski definition) is 1. The molecular formula is C13H17NO3. The van der Waals surface area contributed by atoms with Gasteiger partial charge in [-0.3, -0.25) is 4.79 Å². The van der Waals surface area contributed by atoms with Crippen LogP contribution in [-0.4, -0.2) is 41.7 Å². The first-order chi connectivity index (χ1) is 8.18. The summed E-state index contributed by atoms with van der Waals surface area (Å²) in [6.45, 7) is 3.36. The van der Waals surface area contributed by atoms with Gasteiger partial charge in [-0.15, -0.1) is 0 Å². The Bertz CT molecular complexity index is 403. The van der Waals surface area contributed by atoms with Gasteiger partial charge in [0, 0.05) is 6.54 Å². The van der Waals surface area contributed by atoms with Gasteiger partial charge in [-0.25, -0.2) is 0 Å². The Morgan fingerprint density at radius 2 is 2.24 bits per heavy atom. The Balaban J connectivity index is 2.14. The molecule has 1 heterocycles. The van der Waals surface area contributed by atoms with Gasteiger partial charge < -0.3 is 14.7 Å². The summed E-state index contributed by atoms with van der Waals surface area (Å²) in [5.41, 5.74) is 0.607. The predicted octanol–water partition coefficient (Wildman–Crippen LogP) is 1.29. The summed E-state index contributed by atoms with van der Waals surface area (Å²) in [6, 6.07) is 7.28. The molecule has 1 aromatic carbocycles. The number of fused-ring (bicyclic) bond motifs is 1. The van der Waals surface area contributed by atoms with E-state index < -0.39 is 0 Å². The second-order valence-electron chi connectivity index (χ2n) is 4.27. The Kier molecular flexibility index (Phi) is 3.64. The Labute approximate surface area is 101 Å². The monoisotopic (exact) mass is 235 g/mol. The first-order valence-electron chi connectivity index (χ1n) is 5.87. The van der Waals surface area contributed by atoms with E-state index in [0.29, 0.717) is 37.4 Å². The molecular weight excluding hydrogens is 218 g/mol. The highest BCUT2D eigenvalue weighted by Gasteiger charge is 2.22. The van der Waals surface area contributed by atoms with Gasteiger partial charge in [0.1, 0.15) is 12.4 Å². The smallest absolute Gasteiger partial charge is 0.257 e. The zero-order chi connectivity index (χ0) is 12.3. The fourth-order valence-corrected chi connectivity index (χ4v) is 1.86. The minimum absolute atomic E-state index is 0.0150. The molecule has 2 rings (SSSR count). The standard InChI is InChI=1S/C13H17NO3/c1-10(15)6-7-14-8-9-17-12-5-3-2-4-11(12)13(14)16/h2-5,10,15H,6-9H2,1H3. The van der Waals surface area contributed by atoms with Crippen molar-refractivity contribution >= 4 is 5.91 Å². The van der Waals surface area contributed by atoms with E-state index in [1.54, 1.807) is 17.9 Å². The molecule has 1 aliphatic rings. The lowest BCUT2D eigenvalue weighted by Crippen LogP contribution is -2.34. The first-order valence-corrected chi connectivity index (χ1v) is 5.87.